The van der Waals surface area contributed by atoms with Gasteiger partial charge in [-0.15, -0.1) is 0 Å². The third-order valence-corrected chi connectivity index (χ3v) is 4.64. The van der Waals surface area contributed by atoms with Gasteiger partial charge >= 0.3 is 6.03 Å². The van der Waals surface area contributed by atoms with Crippen LogP contribution in [-0.2, 0) is 0 Å². The highest BCUT2D eigenvalue weighted by molar-refractivity contribution is 5.78. The monoisotopic (exact) mass is 375 g/mol. The summed E-state index contributed by atoms with van der Waals surface area (Å²) in [5.41, 5.74) is 2.72. The van der Waals surface area contributed by atoms with Gasteiger partial charge < -0.3 is 15.1 Å². The van der Waals surface area contributed by atoms with Crippen molar-refractivity contribution >= 4 is 17.0 Å². The van der Waals surface area contributed by atoms with E-state index in [0.717, 1.165) is 28.0 Å². The van der Waals surface area contributed by atoms with Crippen molar-refractivity contribution < 1.29 is 9.21 Å². The zero-order valence-corrected chi connectivity index (χ0v) is 15.7. The molecule has 2 aromatic carbocycles. The number of urea groups is 1. The lowest BCUT2D eigenvalue weighted by Crippen LogP contribution is -2.38. The number of fused-ring (bicyclic) bond motifs is 1. The highest BCUT2D eigenvalue weighted by Gasteiger charge is 2.16. The molecule has 28 heavy (non-hydrogen) atoms. The maximum atomic E-state index is 12.4. The highest BCUT2D eigenvalue weighted by Crippen LogP contribution is 2.23. The Balaban J connectivity index is 1.37. The molecule has 4 aromatic rings. The van der Waals surface area contributed by atoms with Crippen molar-refractivity contribution in [3.63, 3.8) is 0 Å². The molecule has 0 aliphatic carbocycles. The molecule has 0 saturated carbocycles. The van der Waals surface area contributed by atoms with E-state index in [0.29, 0.717) is 0 Å². The minimum atomic E-state index is -0.249. The lowest BCUT2D eigenvalue weighted by atomic mass is 10.1. The Morgan fingerprint density at radius 2 is 1.79 bits per heavy atom. The predicted molar refractivity (Wildman–Crippen MR) is 106 cm³/mol. The fourth-order valence-electron chi connectivity index (χ4n) is 3.06. The largest absolute Gasteiger partial charge is 0.459 e. The van der Waals surface area contributed by atoms with E-state index in [9.17, 15) is 4.79 Å². The first kappa shape index (κ1) is 17.8. The summed E-state index contributed by atoms with van der Waals surface area (Å²) in [5.74, 6) is 0.723. The molecule has 0 aliphatic heterocycles. The van der Waals surface area contributed by atoms with Gasteiger partial charge in [-0.2, -0.15) is 5.10 Å². The summed E-state index contributed by atoms with van der Waals surface area (Å²) in [6, 6.07) is 16.9. The summed E-state index contributed by atoms with van der Waals surface area (Å²) in [4.78, 5) is 16.3. The van der Waals surface area contributed by atoms with Crippen LogP contribution in [0.5, 0.6) is 0 Å². The third-order valence-electron chi connectivity index (χ3n) is 4.64. The van der Waals surface area contributed by atoms with E-state index in [4.69, 9.17) is 4.42 Å². The smallest absolute Gasteiger partial charge is 0.315 e. The SMILES string of the molecule is CC(NC(=O)NC(C)c1cc2ccccc2o1)c1ccc(-n2cncn2)cc1. The second kappa shape index (κ2) is 7.56. The summed E-state index contributed by atoms with van der Waals surface area (Å²) < 4.78 is 7.50. The molecule has 0 radical (unpaired) electrons. The van der Waals surface area contributed by atoms with Crippen LogP contribution in [0.3, 0.4) is 0 Å². The van der Waals surface area contributed by atoms with Gasteiger partial charge in [-0.25, -0.2) is 14.5 Å². The van der Waals surface area contributed by atoms with Gasteiger partial charge in [-0.1, -0.05) is 30.3 Å². The van der Waals surface area contributed by atoms with Crippen LogP contribution >= 0.6 is 0 Å². The summed E-state index contributed by atoms with van der Waals surface area (Å²) in [6.07, 6.45) is 3.13. The fraction of sp³-hybridized carbons (Fsp3) is 0.190. The highest BCUT2D eigenvalue weighted by atomic mass is 16.3. The topological polar surface area (TPSA) is 85.0 Å². The Labute approximate surface area is 162 Å². The maximum absolute atomic E-state index is 12.4. The summed E-state index contributed by atoms with van der Waals surface area (Å²) >= 11 is 0. The molecule has 142 valence electrons. The molecule has 4 rings (SSSR count). The molecular formula is C21H21N5O2. The van der Waals surface area contributed by atoms with E-state index in [2.05, 4.69) is 20.7 Å². The average molecular weight is 375 g/mol. The zero-order valence-electron chi connectivity index (χ0n) is 15.7. The molecule has 0 saturated heterocycles. The van der Waals surface area contributed by atoms with Gasteiger partial charge in [0, 0.05) is 5.39 Å². The Bertz CT molecular complexity index is 1040. The minimum Gasteiger partial charge on any atom is -0.459 e. The third kappa shape index (κ3) is 3.73. The van der Waals surface area contributed by atoms with Gasteiger partial charge in [-0.05, 0) is 43.7 Å². The number of benzene rings is 2. The number of nitrogens with zero attached hydrogens (tertiary/aromatic N) is 3. The van der Waals surface area contributed by atoms with E-state index in [1.807, 2.05) is 68.4 Å². The molecule has 0 aliphatic rings. The first-order valence-corrected chi connectivity index (χ1v) is 9.10. The number of nitrogens with one attached hydrogen (secondary N) is 2. The Morgan fingerprint density at radius 1 is 1.04 bits per heavy atom. The minimum absolute atomic E-state index is 0.146. The molecule has 2 aromatic heterocycles. The maximum Gasteiger partial charge on any atom is 0.315 e. The van der Waals surface area contributed by atoms with E-state index < -0.39 is 0 Å². The molecule has 7 nitrogen and oxygen atoms in total. The lowest BCUT2D eigenvalue weighted by molar-refractivity contribution is 0.233. The second-order valence-corrected chi connectivity index (χ2v) is 6.68. The molecule has 2 amide bonds. The summed E-state index contributed by atoms with van der Waals surface area (Å²) in [5, 5.41) is 11.0. The van der Waals surface area contributed by atoms with Crippen molar-refractivity contribution in [1.29, 1.82) is 0 Å². The van der Waals surface area contributed by atoms with Crippen molar-refractivity contribution in [3.8, 4) is 5.69 Å². The Hall–Kier alpha value is -3.61. The standard InChI is InChI=1S/C21H21N5O2/c1-14(16-7-9-18(10-8-16)26-13-22-12-23-26)24-21(27)25-15(2)20-11-17-5-3-4-6-19(17)28-20/h3-15H,1-2H3,(H2,24,25,27). The fourth-order valence-corrected chi connectivity index (χ4v) is 3.06. The van der Waals surface area contributed by atoms with Crippen molar-refractivity contribution in [2.45, 2.75) is 25.9 Å². The predicted octanol–water partition coefficient (Wildman–Crippen LogP) is 4.13. The normalized spacial score (nSPS) is 13.2. The van der Waals surface area contributed by atoms with Gasteiger partial charge in [0.2, 0.25) is 0 Å². The summed E-state index contributed by atoms with van der Waals surface area (Å²) in [6.45, 7) is 3.84. The number of rotatable bonds is 5. The number of hydrogen-bond acceptors (Lipinski definition) is 4. The molecular weight excluding hydrogens is 354 g/mol. The van der Waals surface area contributed by atoms with Gasteiger partial charge in [-0.3, -0.25) is 0 Å². The second-order valence-electron chi connectivity index (χ2n) is 6.68. The Kier molecular flexibility index (Phi) is 4.80. The van der Waals surface area contributed by atoms with Gasteiger partial charge in [0.05, 0.1) is 17.8 Å². The molecule has 0 bridgehead atoms. The molecule has 2 N–H and O–H groups in total. The molecule has 7 heteroatoms. The zero-order chi connectivity index (χ0) is 19.5. The van der Waals surface area contributed by atoms with Crippen molar-refractivity contribution in [1.82, 2.24) is 25.4 Å². The van der Waals surface area contributed by atoms with Gasteiger partial charge in [0.25, 0.3) is 0 Å². The lowest BCUT2D eigenvalue weighted by Gasteiger charge is -2.17. The van der Waals surface area contributed by atoms with Crippen LogP contribution in [0.25, 0.3) is 16.7 Å². The van der Waals surface area contributed by atoms with Crippen LogP contribution in [0.15, 0.2) is 71.7 Å². The molecule has 2 heterocycles. The molecule has 2 unspecified atom stereocenters. The van der Waals surface area contributed by atoms with Crippen molar-refractivity contribution in [3.05, 3.63) is 78.6 Å². The number of para-hydroxylation sites is 1. The van der Waals surface area contributed by atoms with E-state index in [1.165, 1.54) is 6.33 Å². The number of aromatic nitrogens is 3. The van der Waals surface area contributed by atoms with Crippen LogP contribution in [-0.4, -0.2) is 20.8 Å². The van der Waals surface area contributed by atoms with Crippen LogP contribution in [0.4, 0.5) is 4.79 Å². The number of furan rings is 1. The quantitative estimate of drug-likeness (QED) is 0.549. The average Bonchev–Trinajstić information content (AvgIpc) is 3.37. The number of carbonyl (C=O) groups is 1. The van der Waals surface area contributed by atoms with Crippen molar-refractivity contribution in [2.75, 3.05) is 0 Å². The van der Waals surface area contributed by atoms with Crippen LogP contribution in [0.1, 0.15) is 37.3 Å². The van der Waals surface area contributed by atoms with E-state index in [-0.39, 0.29) is 18.1 Å². The first-order valence-electron chi connectivity index (χ1n) is 9.10. The van der Waals surface area contributed by atoms with E-state index in [1.54, 1.807) is 11.0 Å². The summed E-state index contributed by atoms with van der Waals surface area (Å²) in [7, 11) is 0. The van der Waals surface area contributed by atoms with Crippen LogP contribution in [0.2, 0.25) is 0 Å². The first-order chi connectivity index (χ1) is 13.6. The molecule has 0 spiro atoms. The van der Waals surface area contributed by atoms with Crippen LogP contribution in [0, 0.1) is 0 Å². The van der Waals surface area contributed by atoms with Gasteiger partial charge in [0.1, 0.15) is 24.0 Å². The van der Waals surface area contributed by atoms with Crippen LogP contribution < -0.4 is 10.6 Å². The van der Waals surface area contributed by atoms with Gasteiger partial charge in [0.15, 0.2) is 0 Å². The molecule has 2 atom stereocenters. The number of hydrogen-bond donors (Lipinski definition) is 2. The molecule has 0 fully saturated rings. The number of carbonyl (C=O) groups excluding carboxylic acids is 1. The number of amides is 2. The van der Waals surface area contributed by atoms with E-state index >= 15 is 0 Å². The Morgan fingerprint density at radius 3 is 2.50 bits per heavy atom. The van der Waals surface area contributed by atoms with Crippen molar-refractivity contribution in [2.24, 2.45) is 0 Å².